The first-order valence-corrected chi connectivity index (χ1v) is 8.68. The van der Waals surface area contributed by atoms with Crippen LogP contribution >= 0.6 is 0 Å². The van der Waals surface area contributed by atoms with E-state index in [2.05, 4.69) is 0 Å². The molecule has 0 atom stereocenters. The average Bonchev–Trinajstić information content (AvgIpc) is 1.00. The zero-order chi connectivity index (χ0) is 2.00. The van der Waals surface area contributed by atoms with Gasteiger partial charge in [0.15, 0.2) is 0 Å². The van der Waals surface area contributed by atoms with Gasteiger partial charge < -0.3 is 14.9 Å². The predicted octanol–water partition coefficient (Wildman–Crippen LogP) is -0.0181. The maximum atomic E-state index is 2.00. The summed E-state index contributed by atoms with van der Waals surface area (Å²) in [7, 11) is 0. The van der Waals surface area contributed by atoms with Crippen molar-refractivity contribution in [3.63, 3.8) is 0 Å². The van der Waals surface area contributed by atoms with Crippen LogP contribution in [0.5, 0.6) is 0 Å². The Balaban J connectivity index is -0.00000000500. The van der Waals surface area contributed by atoms with Gasteiger partial charge in [-0.3, -0.25) is 0 Å². The zero-order valence-electron chi connectivity index (χ0n) is 3.21. The molecule has 2 heteroatoms. The molecule has 0 aromatic carbocycles. The number of rotatable bonds is 0. The van der Waals surface area contributed by atoms with Gasteiger partial charge in [0.05, 0.1) is 0 Å². The Morgan fingerprint density at radius 1 is 1.00 bits per heavy atom. The van der Waals surface area contributed by atoms with Crippen molar-refractivity contribution in [2.75, 3.05) is 0 Å². The Morgan fingerprint density at radius 3 is 1.00 bits per heavy atom. The fourth-order valence-electron chi connectivity index (χ4n) is 0. The van der Waals surface area contributed by atoms with Crippen LogP contribution in [0, 0.1) is 14.9 Å². The summed E-state index contributed by atoms with van der Waals surface area (Å²) in [5.41, 5.74) is 0. The Morgan fingerprint density at radius 2 is 1.00 bits per heavy atom. The van der Waals surface area contributed by atoms with Gasteiger partial charge >= 0.3 is 29.9 Å². The molecule has 24 valence electrons. The van der Waals surface area contributed by atoms with E-state index >= 15 is 0 Å². The van der Waals surface area contributed by atoms with E-state index in [0.29, 0.717) is 0 Å². The van der Waals surface area contributed by atoms with Crippen LogP contribution in [-0.4, -0.2) is 6.94 Å². The average molecular weight is 239 g/mol. The number of hydrogen-bond acceptors (Lipinski definition) is 0. The molecule has 0 aliphatic rings. The summed E-state index contributed by atoms with van der Waals surface area (Å²) in [6, 6.07) is 0. The van der Waals surface area contributed by atoms with E-state index < -0.39 is 0 Å². The van der Waals surface area contributed by atoms with E-state index in [4.69, 9.17) is 0 Å². The summed E-state index contributed by atoms with van der Waals surface area (Å²) in [6.07, 6.45) is 0. The van der Waals surface area contributed by atoms with Crippen molar-refractivity contribution in [3.8, 4) is 0 Å². The summed E-state index contributed by atoms with van der Waals surface area (Å²) in [6.45, 7) is 2.00. The second-order valence-corrected chi connectivity index (χ2v) is 0. The topological polar surface area (TPSA) is 0 Å². The molecular formula is C2H8HfSi. The monoisotopic (exact) mass is 240 g/mol. The van der Waals surface area contributed by atoms with Crippen LogP contribution in [0.25, 0.3) is 0 Å². The van der Waals surface area contributed by atoms with E-state index in [9.17, 15) is 0 Å². The predicted molar refractivity (Wildman–Crippen MR) is 21.4 cm³/mol. The summed E-state index contributed by atoms with van der Waals surface area (Å²) in [5.74, 6) is 0. The number of hydrogen-bond donors (Lipinski definition) is 0. The van der Waals surface area contributed by atoms with Crippen LogP contribution in [0.3, 0.4) is 0 Å². The van der Waals surface area contributed by atoms with Gasteiger partial charge in [0.1, 0.15) is 0 Å². The summed E-state index contributed by atoms with van der Waals surface area (Å²) in [5, 5.41) is 0. The molecule has 0 aliphatic heterocycles. The Hall–Kier alpha value is 1.09. The van der Waals surface area contributed by atoms with Gasteiger partial charge in [0.2, 0.25) is 0 Å². The standard InChI is InChI=1S/2CH3.Hf.H2Si/h2*1H3;;1H2/q2*-1;+2;. The Kier molecular flexibility index (Phi) is 161. The molecule has 0 saturated heterocycles. The maximum absolute atomic E-state index is 2.00. The molecule has 4 heavy (non-hydrogen) atoms. The van der Waals surface area contributed by atoms with E-state index in [1.54, 1.807) is 0 Å². The van der Waals surface area contributed by atoms with E-state index in [-0.39, 0.29) is 14.9 Å². The molecule has 0 heterocycles. The third-order valence-electron chi connectivity index (χ3n) is 0. The minimum atomic E-state index is 0. The molecule has 0 spiro atoms. The molecule has 0 aromatic heterocycles. The molecule has 0 rings (SSSR count). The van der Waals surface area contributed by atoms with Crippen LogP contribution in [0.4, 0.5) is 0 Å². The van der Waals surface area contributed by atoms with Crippen LogP contribution in [0.1, 0.15) is 0 Å². The molecule has 0 radical (unpaired) electrons. The van der Waals surface area contributed by atoms with Crippen molar-refractivity contribution >= 4 is 6.94 Å². The second-order valence-electron chi connectivity index (χ2n) is 0. The molecular weight excluding hydrogens is 231 g/mol. The van der Waals surface area contributed by atoms with Crippen LogP contribution in [0.15, 0.2) is 0 Å². The summed E-state index contributed by atoms with van der Waals surface area (Å²) in [4.78, 5) is 0. The van der Waals surface area contributed by atoms with Crippen molar-refractivity contribution in [2.24, 2.45) is 0 Å². The molecule has 0 bridgehead atoms. The molecule has 0 N–H and O–H groups in total. The SMILES string of the molecule is [CH3-].[CH3-].[SiH2]=[Hf+2]. The van der Waals surface area contributed by atoms with Gasteiger partial charge in [0, 0.05) is 0 Å². The molecule has 0 aromatic rings. The molecule has 0 aliphatic carbocycles. The normalized spacial score (nSPS) is 1.50. The molecule has 0 fully saturated rings. The Bertz CT molecular complexity index is 6.00. The van der Waals surface area contributed by atoms with Gasteiger partial charge in [-0.1, -0.05) is 0 Å². The van der Waals surface area contributed by atoms with Crippen LogP contribution < -0.4 is 0 Å². The summed E-state index contributed by atoms with van der Waals surface area (Å²) >= 11 is 1.33. The van der Waals surface area contributed by atoms with Gasteiger partial charge in [-0.15, -0.1) is 0 Å². The first kappa shape index (κ1) is 19.5. The van der Waals surface area contributed by atoms with Crippen molar-refractivity contribution in [1.29, 1.82) is 0 Å². The van der Waals surface area contributed by atoms with E-state index in [1.807, 2.05) is 6.94 Å². The minimum absolute atomic E-state index is 0. The van der Waals surface area contributed by atoms with Crippen molar-refractivity contribution in [2.45, 2.75) is 0 Å². The first-order chi connectivity index (χ1) is 1.00. The summed E-state index contributed by atoms with van der Waals surface area (Å²) < 4.78 is 0. The van der Waals surface area contributed by atoms with E-state index in [0.717, 1.165) is 0 Å². The Labute approximate surface area is 44.9 Å². The third-order valence-corrected chi connectivity index (χ3v) is 0. The van der Waals surface area contributed by atoms with Crippen molar-refractivity contribution in [3.05, 3.63) is 14.9 Å². The van der Waals surface area contributed by atoms with E-state index in [1.165, 1.54) is 23.0 Å². The molecule has 0 amide bonds. The fraction of sp³-hybridized carbons (Fsp3) is 0. The fourth-order valence-corrected chi connectivity index (χ4v) is 0. The first-order valence-electron chi connectivity index (χ1n) is 0.354. The van der Waals surface area contributed by atoms with Crippen LogP contribution in [-0.2, 0) is 23.0 Å². The van der Waals surface area contributed by atoms with Gasteiger partial charge in [-0.05, 0) is 0 Å². The molecule has 0 saturated carbocycles. The van der Waals surface area contributed by atoms with Gasteiger partial charge in [-0.25, -0.2) is 0 Å². The zero-order valence-corrected chi connectivity index (χ0v) is 8.21. The second kappa shape index (κ2) is 33.0. The van der Waals surface area contributed by atoms with Crippen LogP contribution in [0.2, 0.25) is 0 Å². The quantitative estimate of drug-likeness (QED) is 0.411. The molecule has 0 nitrogen and oxygen atoms in total. The van der Waals surface area contributed by atoms with Gasteiger partial charge in [0.25, 0.3) is 0 Å². The van der Waals surface area contributed by atoms with Crippen molar-refractivity contribution < 1.29 is 23.0 Å². The van der Waals surface area contributed by atoms with Crippen molar-refractivity contribution in [1.82, 2.24) is 0 Å². The molecule has 0 unspecified atom stereocenters. The van der Waals surface area contributed by atoms with Gasteiger partial charge in [-0.2, -0.15) is 0 Å². The third kappa shape index (κ3) is 11.4.